The minimum Gasteiger partial charge on any atom is -0.378 e. The van der Waals surface area contributed by atoms with E-state index in [1.165, 1.54) is 0 Å². The standard InChI is InChI=1S/C17H26N4O3/c1-13(15-3-2-8-24-15)20-17(22)19-12-14-4-5-16(18-11-14)21-6-9-23-10-7-21/h4-5,11,13,15H,2-3,6-10,12H2,1H3,(H2,19,20,22)/t13-,15-/m0/s1. The normalized spacial score (nSPS) is 22.2. The third kappa shape index (κ3) is 4.58. The number of amides is 2. The van der Waals surface area contributed by atoms with Crippen LogP contribution < -0.4 is 15.5 Å². The van der Waals surface area contributed by atoms with Crippen LogP contribution in [0.2, 0.25) is 0 Å². The molecule has 7 heteroatoms. The van der Waals surface area contributed by atoms with Crippen molar-refractivity contribution in [3.63, 3.8) is 0 Å². The van der Waals surface area contributed by atoms with Gasteiger partial charge in [0, 0.05) is 32.4 Å². The number of hydrogen-bond acceptors (Lipinski definition) is 5. The van der Waals surface area contributed by atoms with E-state index >= 15 is 0 Å². The van der Waals surface area contributed by atoms with E-state index in [1.807, 2.05) is 25.3 Å². The van der Waals surface area contributed by atoms with E-state index in [0.717, 1.165) is 57.1 Å². The Labute approximate surface area is 142 Å². The molecule has 1 aromatic heterocycles. The minimum absolute atomic E-state index is 0.0225. The second-order valence-electron chi connectivity index (χ2n) is 6.29. The van der Waals surface area contributed by atoms with Gasteiger partial charge in [0.05, 0.1) is 25.4 Å². The van der Waals surface area contributed by atoms with Crippen LogP contribution in [0.5, 0.6) is 0 Å². The van der Waals surface area contributed by atoms with Crippen molar-refractivity contribution in [3.8, 4) is 0 Å². The van der Waals surface area contributed by atoms with E-state index in [2.05, 4.69) is 20.5 Å². The van der Waals surface area contributed by atoms with Gasteiger partial charge in [-0.25, -0.2) is 9.78 Å². The number of carbonyl (C=O) groups excluding carboxylic acids is 1. The van der Waals surface area contributed by atoms with Gasteiger partial charge in [-0.1, -0.05) is 6.07 Å². The zero-order chi connectivity index (χ0) is 16.8. The van der Waals surface area contributed by atoms with E-state index in [-0.39, 0.29) is 18.2 Å². The Morgan fingerprint density at radius 2 is 2.21 bits per heavy atom. The topological polar surface area (TPSA) is 75.7 Å². The zero-order valence-corrected chi connectivity index (χ0v) is 14.2. The lowest BCUT2D eigenvalue weighted by Crippen LogP contribution is -2.45. The van der Waals surface area contributed by atoms with Crippen molar-refractivity contribution >= 4 is 11.8 Å². The van der Waals surface area contributed by atoms with Crippen molar-refractivity contribution in [2.24, 2.45) is 0 Å². The van der Waals surface area contributed by atoms with Crippen LogP contribution in [0.4, 0.5) is 10.6 Å². The number of urea groups is 1. The summed E-state index contributed by atoms with van der Waals surface area (Å²) in [6.45, 7) is 6.46. The van der Waals surface area contributed by atoms with Crippen LogP contribution in [0.15, 0.2) is 18.3 Å². The fourth-order valence-corrected chi connectivity index (χ4v) is 3.03. The number of nitrogens with zero attached hydrogens (tertiary/aromatic N) is 2. The summed E-state index contributed by atoms with van der Waals surface area (Å²) in [5.41, 5.74) is 0.979. The summed E-state index contributed by atoms with van der Waals surface area (Å²) in [5.74, 6) is 0.957. The molecular weight excluding hydrogens is 308 g/mol. The van der Waals surface area contributed by atoms with E-state index in [9.17, 15) is 4.79 Å². The Hall–Kier alpha value is -1.86. The molecule has 2 atom stereocenters. The van der Waals surface area contributed by atoms with Gasteiger partial charge in [0.15, 0.2) is 0 Å². The lowest BCUT2D eigenvalue weighted by molar-refractivity contribution is 0.0860. The highest BCUT2D eigenvalue weighted by Gasteiger charge is 2.23. The van der Waals surface area contributed by atoms with E-state index in [1.54, 1.807) is 0 Å². The molecule has 3 heterocycles. The minimum atomic E-state index is -0.171. The molecule has 0 spiro atoms. The van der Waals surface area contributed by atoms with Gasteiger partial charge in [-0.15, -0.1) is 0 Å². The maximum atomic E-state index is 12.0. The maximum Gasteiger partial charge on any atom is 0.315 e. The number of rotatable bonds is 5. The number of pyridine rings is 1. The molecule has 2 aliphatic heterocycles. The highest BCUT2D eigenvalue weighted by molar-refractivity contribution is 5.74. The van der Waals surface area contributed by atoms with Gasteiger partial charge in [0.25, 0.3) is 0 Å². The van der Waals surface area contributed by atoms with Crippen molar-refractivity contribution in [3.05, 3.63) is 23.9 Å². The fourth-order valence-electron chi connectivity index (χ4n) is 3.03. The van der Waals surface area contributed by atoms with Gasteiger partial charge in [0.1, 0.15) is 5.82 Å². The SMILES string of the molecule is C[C@H](NC(=O)NCc1ccc(N2CCOCC2)nc1)[C@@H]1CCCO1. The fraction of sp³-hybridized carbons (Fsp3) is 0.647. The van der Waals surface area contributed by atoms with Crippen LogP contribution in [0.25, 0.3) is 0 Å². The average Bonchev–Trinajstić information content (AvgIpc) is 3.16. The molecule has 132 valence electrons. The van der Waals surface area contributed by atoms with Crippen molar-refractivity contribution in [1.82, 2.24) is 15.6 Å². The summed E-state index contributed by atoms with van der Waals surface area (Å²) in [7, 11) is 0. The van der Waals surface area contributed by atoms with Crippen LogP contribution in [-0.2, 0) is 16.0 Å². The first-order chi connectivity index (χ1) is 11.7. The predicted octanol–water partition coefficient (Wildman–Crippen LogP) is 1.28. The average molecular weight is 334 g/mol. The third-order valence-electron chi connectivity index (χ3n) is 4.48. The van der Waals surface area contributed by atoms with Crippen LogP contribution >= 0.6 is 0 Å². The first kappa shape index (κ1) is 17.0. The van der Waals surface area contributed by atoms with Crippen molar-refractivity contribution < 1.29 is 14.3 Å². The highest BCUT2D eigenvalue weighted by Crippen LogP contribution is 2.15. The lowest BCUT2D eigenvalue weighted by Gasteiger charge is -2.27. The first-order valence-corrected chi connectivity index (χ1v) is 8.66. The summed E-state index contributed by atoms with van der Waals surface area (Å²) in [6, 6.07) is 3.85. The predicted molar refractivity (Wildman–Crippen MR) is 91.1 cm³/mol. The lowest BCUT2D eigenvalue weighted by atomic mass is 10.1. The second kappa shape index (κ2) is 8.30. The highest BCUT2D eigenvalue weighted by atomic mass is 16.5. The number of hydrogen-bond donors (Lipinski definition) is 2. The van der Waals surface area contributed by atoms with Crippen molar-refractivity contribution in [1.29, 1.82) is 0 Å². The summed E-state index contributed by atoms with van der Waals surface area (Å²) in [4.78, 5) is 18.7. The first-order valence-electron chi connectivity index (χ1n) is 8.66. The van der Waals surface area contributed by atoms with Crippen molar-refractivity contribution in [2.45, 2.75) is 38.5 Å². The number of nitrogens with one attached hydrogen (secondary N) is 2. The Kier molecular flexibility index (Phi) is 5.87. The second-order valence-corrected chi connectivity index (χ2v) is 6.29. The molecule has 0 aromatic carbocycles. The molecule has 2 fully saturated rings. The maximum absolute atomic E-state index is 12.0. The third-order valence-corrected chi connectivity index (χ3v) is 4.48. The van der Waals surface area contributed by atoms with Crippen LogP contribution in [0.1, 0.15) is 25.3 Å². The number of ether oxygens (including phenoxy) is 2. The molecule has 2 N–H and O–H groups in total. The smallest absolute Gasteiger partial charge is 0.315 e. The van der Waals surface area contributed by atoms with E-state index in [4.69, 9.17) is 9.47 Å². The Bertz CT molecular complexity index is 525. The monoisotopic (exact) mass is 334 g/mol. The summed E-state index contributed by atoms with van der Waals surface area (Å²) in [5, 5.41) is 5.81. The van der Waals surface area contributed by atoms with Gasteiger partial charge in [-0.2, -0.15) is 0 Å². The van der Waals surface area contributed by atoms with Gasteiger partial charge < -0.3 is 25.0 Å². The van der Waals surface area contributed by atoms with Crippen LogP contribution in [-0.4, -0.2) is 56.1 Å². The molecule has 3 rings (SSSR count). The molecule has 2 aliphatic rings. The van der Waals surface area contributed by atoms with Crippen LogP contribution in [0, 0.1) is 0 Å². The molecule has 0 unspecified atom stereocenters. The molecule has 1 aromatic rings. The van der Waals surface area contributed by atoms with Gasteiger partial charge >= 0.3 is 6.03 Å². The molecule has 2 saturated heterocycles. The zero-order valence-electron chi connectivity index (χ0n) is 14.2. The van der Waals surface area contributed by atoms with Crippen molar-refractivity contribution in [2.75, 3.05) is 37.8 Å². The Morgan fingerprint density at radius 1 is 1.38 bits per heavy atom. The Morgan fingerprint density at radius 3 is 2.88 bits per heavy atom. The molecular formula is C17H26N4O3. The molecule has 7 nitrogen and oxygen atoms in total. The number of morpholine rings is 1. The summed E-state index contributed by atoms with van der Waals surface area (Å²) < 4.78 is 10.9. The number of carbonyl (C=O) groups is 1. The largest absolute Gasteiger partial charge is 0.378 e. The van der Waals surface area contributed by atoms with E-state index in [0.29, 0.717) is 6.54 Å². The van der Waals surface area contributed by atoms with Gasteiger partial charge in [-0.3, -0.25) is 0 Å². The molecule has 0 radical (unpaired) electrons. The molecule has 0 aliphatic carbocycles. The Balaban J connectivity index is 1.43. The van der Waals surface area contributed by atoms with Gasteiger partial charge in [-0.05, 0) is 31.4 Å². The number of anilines is 1. The molecule has 24 heavy (non-hydrogen) atoms. The molecule has 2 amide bonds. The quantitative estimate of drug-likeness (QED) is 0.848. The summed E-state index contributed by atoms with van der Waals surface area (Å²) >= 11 is 0. The molecule has 0 saturated carbocycles. The number of aromatic nitrogens is 1. The van der Waals surface area contributed by atoms with E-state index < -0.39 is 0 Å². The summed E-state index contributed by atoms with van der Waals surface area (Å²) in [6.07, 6.45) is 4.02. The van der Waals surface area contributed by atoms with Crippen LogP contribution in [0.3, 0.4) is 0 Å². The molecule has 0 bridgehead atoms. The van der Waals surface area contributed by atoms with Gasteiger partial charge in [0.2, 0.25) is 0 Å².